The first kappa shape index (κ1) is 17.2. The van der Waals surface area contributed by atoms with Gasteiger partial charge in [-0.05, 0) is 24.3 Å². The second-order valence-corrected chi connectivity index (χ2v) is 8.71. The number of imide groups is 1. The third-order valence-electron chi connectivity index (χ3n) is 7.22. The highest BCUT2D eigenvalue weighted by Gasteiger charge is 2.78. The summed E-state index contributed by atoms with van der Waals surface area (Å²) < 4.78 is 0. The number of hydrogen-bond acceptors (Lipinski definition) is 3. The van der Waals surface area contributed by atoms with Crippen molar-refractivity contribution in [2.75, 3.05) is 16.8 Å². The van der Waals surface area contributed by atoms with Crippen molar-refractivity contribution in [2.24, 2.45) is 11.8 Å². The average Bonchev–Trinajstić information content (AvgIpc) is 3.42. The predicted molar refractivity (Wildman–Crippen MR) is 107 cm³/mol. The fourth-order valence-corrected chi connectivity index (χ4v) is 6.50. The molecular formula is C22H19ClN3O3+. The van der Waals surface area contributed by atoms with Crippen LogP contribution in [-0.4, -0.2) is 30.3 Å². The van der Waals surface area contributed by atoms with Crippen LogP contribution in [0.25, 0.3) is 0 Å². The molecule has 4 heterocycles. The van der Waals surface area contributed by atoms with Crippen LogP contribution in [0, 0.1) is 11.8 Å². The van der Waals surface area contributed by atoms with Gasteiger partial charge in [0.15, 0.2) is 0 Å². The zero-order valence-corrected chi connectivity index (χ0v) is 16.3. The lowest BCUT2D eigenvalue weighted by Gasteiger charge is -2.33. The van der Waals surface area contributed by atoms with Crippen molar-refractivity contribution in [3.63, 3.8) is 0 Å². The average molecular weight is 409 g/mol. The Balaban J connectivity index is 1.58. The van der Waals surface area contributed by atoms with Crippen molar-refractivity contribution in [1.82, 2.24) is 0 Å². The summed E-state index contributed by atoms with van der Waals surface area (Å²) in [6.45, 7) is 0.767. The SMILES string of the molecule is O=C1[C@@H]2[C@@H]3CCC[NH+]3[C@@]3(C(=O)Nc4c(Cl)cccc43)[C@H]2C(=O)N1c1ccccc1. The topological polar surface area (TPSA) is 70.9 Å². The maximum Gasteiger partial charge on any atom is 0.291 e. The van der Waals surface area contributed by atoms with E-state index in [2.05, 4.69) is 5.32 Å². The van der Waals surface area contributed by atoms with E-state index in [0.717, 1.165) is 29.8 Å². The molecule has 3 amide bonds. The second-order valence-electron chi connectivity index (χ2n) is 8.30. The fraction of sp³-hybridized carbons (Fsp3) is 0.318. The zero-order valence-electron chi connectivity index (χ0n) is 15.5. The van der Waals surface area contributed by atoms with Gasteiger partial charge in [-0.3, -0.25) is 14.4 Å². The number of para-hydroxylation sites is 2. The quantitative estimate of drug-likeness (QED) is 0.700. The molecule has 0 radical (unpaired) electrons. The van der Waals surface area contributed by atoms with E-state index in [0.29, 0.717) is 16.4 Å². The Bertz CT molecular complexity index is 1090. The number of hydrogen-bond donors (Lipinski definition) is 2. The van der Waals surface area contributed by atoms with E-state index >= 15 is 0 Å². The lowest BCUT2D eigenvalue weighted by atomic mass is 9.75. The monoisotopic (exact) mass is 408 g/mol. The number of quaternary nitrogens is 1. The molecule has 3 fully saturated rings. The minimum absolute atomic E-state index is 0.0409. The van der Waals surface area contributed by atoms with Gasteiger partial charge < -0.3 is 10.2 Å². The van der Waals surface area contributed by atoms with Gasteiger partial charge in [-0.25, -0.2) is 4.90 Å². The van der Waals surface area contributed by atoms with Crippen molar-refractivity contribution < 1.29 is 19.3 Å². The third kappa shape index (κ3) is 1.89. The number of rotatable bonds is 1. The lowest BCUT2D eigenvalue weighted by Crippen LogP contribution is -3.19. The molecule has 146 valence electrons. The van der Waals surface area contributed by atoms with Gasteiger partial charge in [0.25, 0.3) is 5.91 Å². The molecule has 2 aromatic carbocycles. The summed E-state index contributed by atoms with van der Waals surface area (Å²) in [6, 6.07) is 14.4. The molecule has 0 bridgehead atoms. The zero-order chi connectivity index (χ0) is 19.9. The Morgan fingerprint density at radius 3 is 2.62 bits per heavy atom. The molecule has 7 heteroatoms. The molecule has 6 rings (SSSR count). The first-order valence-electron chi connectivity index (χ1n) is 9.96. The summed E-state index contributed by atoms with van der Waals surface area (Å²) in [5, 5.41) is 3.40. The Morgan fingerprint density at radius 1 is 1.03 bits per heavy atom. The molecule has 5 atom stereocenters. The van der Waals surface area contributed by atoms with Gasteiger partial charge in [0.05, 0.1) is 22.9 Å². The van der Waals surface area contributed by atoms with Crippen LogP contribution >= 0.6 is 11.6 Å². The summed E-state index contributed by atoms with van der Waals surface area (Å²) in [7, 11) is 0. The van der Waals surface area contributed by atoms with E-state index in [4.69, 9.17) is 11.6 Å². The molecule has 6 nitrogen and oxygen atoms in total. The molecule has 2 N–H and O–H groups in total. The molecule has 2 aromatic rings. The van der Waals surface area contributed by atoms with Gasteiger partial charge in [0, 0.05) is 18.4 Å². The fourth-order valence-electron chi connectivity index (χ4n) is 6.28. The normalized spacial score (nSPS) is 34.5. The van der Waals surface area contributed by atoms with Crippen molar-refractivity contribution >= 4 is 40.7 Å². The van der Waals surface area contributed by atoms with Crippen LogP contribution in [0.3, 0.4) is 0 Å². The lowest BCUT2D eigenvalue weighted by molar-refractivity contribution is -0.948. The van der Waals surface area contributed by atoms with Crippen LogP contribution in [0.15, 0.2) is 48.5 Å². The Labute approximate surface area is 172 Å². The van der Waals surface area contributed by atoms with Crippen LogP contribution in [-0.2, 0) is 19.9 Å². The van der Waals surface area contributed by atoms with E-state index in [1.165, 1.54) is 4.90 Å². The minimum atomic E-state index is -1.09. The number of halogens is 1. The van der Waals surface area contributed by atoms with Crippen molar-refractivity contribution in [2.45, 2.75) is 24.4 Å². The van der Waals surface area contributed by atoms with E-state index in [-0.39, 0.29) is 23.8 Å². The molecule has 29 heavy (non-hydrogen) atoms. The van der Waals surface area contributed by atoms with E-state index in [9.17, 15) is 14.4 Å². The number of anilines is 2. The van der Waals surface area contributed by atoms with Crippen molar-refractivity contribution in [1.29, 1.82) is 0 Å². The Hall–Kier alpha value is -2.70. The van der Waals surface area contributed by atoms with Crippen molar-refractivity contribution in [3.05, 3.63) is 59.1 Å². The van der Waals surface area contributed by atoms with Crippen LogP contribution in [0.4, 0.5) is 11.4 Å². The van der Waals surface area contributed by atoms with E-state index in [1.807, 2.05) is 30.3 Å². The first-order chi connectivity index (χ1) is 14.1. The van der Waals surface area contributed by atoms with Gasteiger partial charge in [0.2, 0.25) is 17.4 Å². The molecule has 0 aliphatic carbocycles. The standard InChI is InChI=1S/C22H18ClN3O3/c23-14-9-4-8-13-18(14)24-21(29)22(13)17-16(15-10-5-11-25(15)22)19(27)26(20(17)28)12-6-2-1-3-7-12/h1-4,6-9,15-17H,5,10-11H2,(H,24,29)/p+1/t15-,16+,17+,22+/m0/s1. The van der Waals surface area contributed by atoms with Crippen LogP contribution in [0.2, 0.25) is 5.02 Å². The van der Waals surface area contributed by atoms with Crippen molar-refractivity contribution in [3.8, 4) is 0 Å². The maximum atomic E-state index is 13.7. The highest BCUT2D eigenvalue weighted by molar-refractivity contribution is 6.35. The Kier molecular flexibility index (Phi) is 3.36. The molecule has 3 saturated heterocycles. The van der Waals surface area contributed by atoms with Crippen LogP contribution in [0.1, 0.15) is 18.4 Å². The molecule has 1 unspecified atom stereocenters. The number of fused-ring (bicyclic) bond motifs is 7. The molecule has 0 saturated carbocycles. The molecular weight excluding hydrogens is 390 g/mol. The van der Waals surface area contributed by atoms with Gasteiger partial charge in [-0.15, -0.1) is 0 Å². The molecule has 4 aliphatic heterocycles. The second kappa shape index (κ2) is 5.68. The summed E-state index contributed by atoms with van der Waals surface area (Å²) in [6.07, 6.45) is 1.77. The Morgan fingerprint density at radius 2 is 1.83 bits per heavy atom. The number of carbonyl (C=O) groups is 3. The maximum absolute atomic E-state index is 13.7. The first-order valence-corrected chi connectivity index (χ1v) is 10.3. The highest BCUT2D eigenvalue weighted by atomic mass is 35.5. The number of benzene rings is 2. The number of amides is 3. The van der Waals surface area contributed by atoms with Gasteiger partial charge in [-0.2, -0.15) is 0 Å². The van der Waals surface area contributed by atoms with E-state index in [1.54, 1.807) is 18.2 Å². The number of nitrogens with one attached hydrogen (secondary N) is 2. The predicted octanol–water partition coefficient (Wildman–Crippen LogP) is 1.35. The molecule has 4 aliphatic rings. The number of nitrogens with zero attached hydrogens (tertiary/aromatic N) is 1. The smallest absolute Gasteiger partial charge is 0.291 e. The van der Waals surface area contributed by atoms with E-state index < -0.39 is 17.4 Å². The largest absolute Gasteiger partial charge is 0.318 e. The van der Waals surface area contributed by atoms with Crippen LogP contribution in [0.5, 0.6) is 0 Å². The summed E-state index contributed by atoms with van der Waals surface area (Å²) >= 11 is 6.39. The van der Waals surface area contributed by atoms with Gasteiger partial charge >= 0.3 is 0 Å². The third-order valence-corrected chi connectivity index (χ3v) is 7.53. The minimum Gasteiger partial charge on any atom is -0.318 e. The highest BCUT2D eigenvalue weighted by Crippen LogP contribution is 2.53. The molecule has 0 aromatic heterocycles. The summed E-state index contributed by atoms with van der Waals surface area (Å²) in [5.41, 5.74) is 0.802. The van der Waals surface area contributed by atoms with Gasteiger partial charge in [0.1, 0.15) is 17.9 Å². The number of carbonyl (C=O) groups excluding carboxylic acids is 3. The summed E-state index contributed by atoms with van der Waals surface area (Å²) in [5.74, 6) is -1.89. The summed E-state index contributed by atoms with van der Waals surface area (Å²) in [4.78, 5) is 43.1. The molecule has 1 spiro atoms. The van der Waals surface area contributed by atoms with Gasteiger partial charge in [-0.1, -0.05) is 35.9 Å². The van der Waals surface area contributed by atoms with Crippen LogP contribution < -0.4 is 15.1 Å².